The van der Waals surface area contributed by atoms with Gasteiger partial charge in [0, 0.05) is 18.1 Å². The standard InChI is InChI=1S/C13H24F2O2S/c1-3-11(10-17-13(16)4-2)18-9-7-5-6-8-12(14)15/h11-12H,3-10H2,1-2H3. The highest BCUT2D eigenvalue weighted by atomic mass is 32.2. The first-order valence-electron chi connectivity index (χ1n) is 6.65. The zero-order chi connectivity index (χ0) is 13.8. The predicted molar refractivity (Wildman–Crippen MR) is 72.3 cm³/mol. The van der Waals surface area contributed by atoms with E-state index in [1.807, 2.05) is 0 Å². The first kappa shape index (κ1) is 17.7. The van der Waals surface area contributed by atoms with Crippen molar-refractivity contribution in [3.63, 3.8) is 0 Å². The molecule has 18 heavy (non-hydrogen) atoms. The van der Waals surface area contributed by atoms with Gasteiger partial charge >= 0.3 is 5.97 Å². The number of rotatable bonds is 11. The summed E-state index contributed by atoms with van der Waals surface area (Å²) in [6, 6.07) is 0. The van der Waals surface area contributed by atoms with Crippen LogP contribution >= 0.6 is 11.8 Å². The summed E-state index contributed by atoms with van der Waals surface area (Å²) < 4.78 is 28.9. The number of esters is 1. The summed E-state index contributed by atoms with van der Waals surface area (Å²) in [7, 11) is 0. The molecule has 0 saturated heterocycles. The van der Waals surface area contributed by atoms with Crippen LogP contribution in [0.1, 0.15) is 52.4 Å². The van der Waals surface area contributed by atoms with Crippen molar-refractivity contribution in [2.45, 2.75) is 64.0 Å². The fraction of sp³-hybridized carbons (Fsp3) is 0.923. The lowest BCUT2D eigenvalue weighted by Gasteiger charge is -2.14. The second-order valence-electron chi connectivity index (χ2n) is 4.18. The maximum absolute atomic E-state index is 11.9. The van der Waals surface area contributed by atoms with E-state index in [9.17, 15) is 13.6 Å². The Balaban J connectivity index is 3.47. The van der Waals surface area contributed by atoms with Gasteiger partial charge in [0.1, 0.15) is 6.61 Å². The van der Waals surface area contributed by atoms with E-state index in [0.29, 0.717) is 24.7 Å². The highest BCUT2D eigenvalue weighted by Crippen LogP contribution is 2.18. The molecule has 0 aromatic carbocycles. The number of alkyl halides is 2. The van der Waals surface area contributed by atoms with Crippen molar-refractivity contribution in [2.75, 3.05) is 12.4 Å². The van der Waals surface area contributed by atoms with Crippen LogP contribution in [0.15, 0.2) is 0 Å². The smallest absolute Gasteiger partial charge is 0.305 e. The van der Waals surface area contributed by atoms with Crippen molar-refractivity contribution < 1.29 is 18.3 Å². The van der Waals surface area contributed by atoms with Crippen LogP contribution in [-0.2, 0) is 9.53 Å². The number of carbonyl (C=O) groups excluding carboxylic acids is 1. The largest absolute Gasteiger partial charge is 0.465 e. The van der Waals surface area contributed by atoms with E-state index in [1.165, 1.54) is 0 Å². The predicted octanol–water partition coefficient (Wildman–Crippen LogP) is 4.28. The van der Waals surface area contributed by atoms with Crippen molar-refractivity contribution in [3.8, 4) is 0 Å². The number of unbranched alkanes of at least 4 members (excludes halogenated alkanes) is 2. The quantitative estimate of drug-likeness (QED) is 0.418. The van der Waals surface area contributed by atoms with Gasteiger partial charge in [-0.25, -0.2) is 8.78 Å². The number of halogens is 2. The van der Waals surface area contributed by atoms with Gasteiger partial charge in [0.15, 0.2) is 0 Å². The molecule has 1 unspecified atom stereocenters. The van der Waals surface area contributed by atoms with Gasteiger partial charge in [0.2, 0.25) is 6.43 Å². The lowest BCUT2D eigenvalue weighted by Crippen LogP contribution is -2.15. The molecule has 108 valence electrons. The van der Waals surface area contributed by atoms with Crippen LogP contribution in [-0.4, -0.2) is 30.0 Å². The molecule has 0 aromatic rings. The van der Waals surface area contributed by atoms with Crippen molar-refractivity contribution >= 4 is 17.7 Å². The molecule has 1 atom stereocenters. The number of carbonyl (C=O) groups is 1. The summed E-state index contributed by atoms with van der Waals surface area (Å²) >= 11 is 1.77. The van der Waals surface area contributed by atoms with Gasteiger partial charge in [0.05, 0.1) is 0 Å². The molecule has 0 aliphatic rings. The Morgan fingerprint density at radius 2 is 1.94 bits per heavy atom. The summed E-state index contributed by atoms with van der Waals surface area (Å²) in [5.41, 5.74) is 0. The zero-order valence-electron chi connectivity index (χ0n) is 11.3. The topological polar surface area (TPSA) is 26.3 Å². The molecule has 0 aliphatic carbocycles. The van der Waals surface area contributed by atoms with Crippen LogP contribution in [0.2, 0.25) is 0 Å². The third-order valence-corrected chi connectivity index (χ3v) is 4.06. The molecule has 0 N–H and O–H groups in total. The fourth-order valence-electron chi connectivity index (χ4n) is 1.40. The highest BCUT2D eigenvalue weighted by Gasteiger charge is 2.09. The maximum atomic E-state index is 11.9. The van der Waals surface area contributed by atoms with Crippen molar-refractivity contribution in [3.05, 3.63) is 0 Å². The number of hydrogen-bond acceptors (Lipinski definition) is 3. The van der Waals surface area contributed by atoms with E-state index >= 15 is 0 Å². The highest BCUT2D eigenvalue weighted by molar-refractivity contribution is 7.99. The normalized spacial score (nSPS) is 12.7. The summed E-state index contributed by atoms with van der Waals surface area (Å²) in [5, 5.41) is 0.329. The minimum atomic E-state index is -2.17. The van der Waals surface area contributed by atoms with E-state index < -0.39 is 6.43 Å². The Morgan fingerprint density at radius 3 is 2.50 bits per heavy atom. The van der Waals surface area contributed by atoms with Gasteiger partial charge in [-0.15, -0.1) is 0 Å². The number of hydrogen-bond donors (Lipinski definition) is 0. The molecule has 0 bridgehead atoms. The van der Waals surface area contributed by atoms with Gasteiger partial charge in [-0.2, -0.15) is 11.8 Å². The monoisotopic (exact) mass is 282 g/mol. The molecular formula is C13H24F2O2S. The average Bonchev–Trinajstić information content (AvgIpc) is 2.36. The first-order valence-corrected chi connectivity index (χ1v) is 7.70. The molecular weight excluding hydrogens is 258 g/mol. The van der Waals surface area contributed by atoms with E-state index in [2.05, 4.69) is 6.92 Å². The van der Waals surface area contributed by atoms with E-state index in [-0.39, 0.29) is 12.4 Å². The Kier molecular flexibility index (Phi) is 11.5. The molecule has 0 amide bonds. The van der Waals surface area contributed by atoms with Crippen LogP contribution < -0.4 is 0 Å². The molecule has 0 aromatic heterocycles. The SMILES string of the molecule is CCC(=O)OCC(CC)SCCCCCC(F)F. The number of thioether (sulfide) groups is 1. The summed E-state index contributed by atoms with van der Waals surface area (Å²) in [4.78, 5) is 11.0. The van der Waals surface area contributed by atoms with E-state index in [4.69, 9.17) is 4.74 Å². The van der Waals surface area contributed by atoms with Crippen molar-refractivity contribution in [1.29, 1.82) is 0 Å². The molecule has 0 aliphatic heterocycles. The minimum Gasteiger partial charge on any atom is -0.465 e. The fourth-order valence-corrected chi connectivity index (χ4v) is 2.50. The zero-order valence-corrected chi connectivity index (χ0v) is 12.1. The van der Waals surface area contributed by atoms with Crippen LogP contribution in [0.4, 0.5) is 8.78 Å². The molecule has 0 heterocycles. The van der Waals surface area contributed by atoms with Crippen LogP contribution in [0.5, 0.6) is 0 Å². The van der Waals surface area contributed by atoms with Gasteiger partial charge in [0.25, 0.3) is 0 Å². The van der Waals surface area contributed by atoms with Crippen LogP contribution in [0.3, 0.4) is 0 Å². The third kappa shape index (κ3) is 10.8. The van der Waals surface area contributed by atoms with E-state index in [0.717, 1.165) is 25.0 Å². The van der Waals surface area contributed by atoms with Crippen molar-refractivity contribution in [2.24, 2.45) is 0 Å². The van der Waals surface area contributed by atoms with Crippen molar-refractivity contribution in [1.82, 2.24) is 0 Å². The average molecular weight is 282 g/mol. The summed E-state index contributed by atoms with van der Waals surface area (Å²) in [5.74, 6) is 0.789. The van der Waals surface area contributed by atoms with Crippen LogP contribution in [0, 0.1) is 0 Å². The van der Waals surface area contributed by atoms with Gasteiger partial charge in [-0.05, 0) is 25.0 Å². The lowest BCUT2D eigenvalue weighted by molar-refractivity contribution is -0.143. The Labute approximate surface area is 113 Å². The summed E-state index contributed by atoms with van der Waals surface area (Å²) in [6.07, 6.45) is 1.61. The molecule has 0 spiro atoms. The van der Waals surface area contributed by atoms with Gasteiger partial charge in [-0.3, -0.25) is 4.79 Å². The van der Waals surface area contributed by atoms with Gasteiger partial charge < -0.3 is 4.74 Å². The molecule has 5 heteroatoms. The van der Waals surface area contributed by atoms with E-state index in [1.54, 1.807) is 18.7 Å². The Morgan fingerprint density at radius 1 is 1.22 bits per heavy atom. The Hall–Kier alpha value is -0.320. The summed E-state index contributed by atoms with van der Waals surface area (Å²) in [6.45, 7) is 4.30. The molecule has 2 nitrogen and oxygen atoms in total. The molecule has 0 rings (SSSR count). The maximum Gasteiger partial charge on any atom is 0.305 e. The van der Waals surface area contributed by atoms with Crippen LogP contribution in [0.25, 0.3) is 0 Å². The molecule has 0 radical (unpaired) electrons. The third-order valence-electron chi connectivity index (χ3n) is 2.59. The number of ether oxygens (including phenoxy) is 1. The first-order chi connectivity index (χ1) is 8.60. The Bertz CT molecular complexity index is 213. The lowest BCUT2D eigenvalue weighted by atomic mass is 10.2. The van der Waals surface area contributed by atoms with Gasteiger partial charge in [-0.1, -0.05) is 20.3 Å². The second-order valence-corrected chi connectivity index (χ2v) is 5.59. The molecule has 0 saturated carbocycles. The second kappa shape index (κ2) is 11.8. The molecule has 0 fully saturated rings. The minimum absolute atomic E-state index is 0.00991.